The Morgan fingerprint density at radius 2 is 1.67 bits per heavy atom. The molecule has 6 heteroatoms. The molecule has 0 spiro atoms. The molecule has 126 valence electrons. The number of methoxy groups -OCH3 is 1. The van der Waals surface area contributed by atoms with Crippen LogP contribution in [-0.4, -0.2) is 24.2 Å². The SMILES string of the molecule is COc1ccc(N(C(C)=O)C(C)C(=O)Sc2ccc(Br)cc2)cc1. The zero-order valence-electron chi connectivity index (χ0n) is 13.7. The average molecular weight is 408 g/mol. The number of carbonyl (C=O) groups excluding carboxylic acids is 2. The van der Waals surface area contributed by atoms with Crippen LogP contribution in [0.2, 0.25) is 0 Å². The predicted molar refractivity (Wildman–Crippen MR) is 101 cm³/mol. The molecule has 0 radical (unpaired) electrons. The Morgan fingerprint density at radius 3 is 2.17 bits per heavy atom. The molecular formula is C18H18BrNO3S. The summed E-state index contributed by atoms with van der Waals surface area (Å²) in [4.78, 5) is 27.0. The van der Waals surface area contributed by atoms with Crippen LogP contribution in [0.4, 0.5) is 5.69 Å². The van der Waals surface area contributed by atoms with Gasteiger partial charge in [-0.2, -0.15) is 0 Å². The second-order valence-electron chi connectivity index (χ2n) is 5.14. The van der Waals surface area contributed by atoms with Crippen LogP contribution in [0, 0.1) is 0 Å². The van der Waals surface area contributed by atoms with E-state index in [1.165, 1.54) is 11.8 Å². The minimum atomic E-state index is -0.579. The molecule has 0 N–H and O–H groups in total. The Hall–Kier alpha value is -1.79. The third kappa shape index (κ3) is 4.61. The number of nitrogens with zero attached hydrogens (tertiary/aromatic N) is 1. The summed E-state index contributed by atoms with van der Waals surface area (Å²) in [6, 6.07) is 14.0. The van der Waals surface area contributed by atoms with E-state index in [0.717, 1.165) is 21.1 Å². The second-order valence-corrected chi connectivity index (χ2v) is 7.13. The monoisotopic (exact) mass is 407 g/mol. The molecule has 2 aromatic rings. The van der Waals surface area contributed by atoms with E-state index < -0.39 is 6.04 Å². The van der Waals surface area contributed by atoms with Crippen molar-refractivity contribution in [3.05, 3.63) is 53.0 Å². The number of hydrogen-bond acceptors (Lipinski definition) is 4. The first-order chi connectivity index (χ1) is 11.4. The van der Waals surface area contributed by atoms with Crippen LogP contribution in [0.15, 0.2) is 57.9 Å². The molecule has 2 rings (SSSR count). The van der Waals surface area contributed by atoms with Crippen molar-refractivity contribution >= 4 is 44.4 Å². The number of benzene rings is 2. The summed E-state index contributed by atoms with van der Waals surface area (Å²) >= 11 is 4.50. The number of rotatable bonds is 5. The highest BCUT2D eigenvalue weighted by Gasteiger charge is 2.25. The van der Waals surface area contributed by atoms with Gasteiger partial charge >= 0.3 is 0 Å². The first kappa shape index (κ1) is 18.5. The Bertz CT molecular complexity index is 716. The molecule has 24 heavy (non-hydrogen) atoms. The first-order valence-corrected chi connectivity index (χ1v) is 8.94. The smallest absolute Gasteiger partial charge is 0.224 e. The van der Waals surface area contributed by atoms with E-state index >= 15 is 0 Å². The number of thioether (sulfide) groups is 1. The minimum Gasteiger partial charge on any atom is -0.497 e. The van der Waals surface area contributed by atoms with Gasteiger partial charge in [-0.05, 0) is 67.2 Å². The second kappa shape index (κ2) is 8.35. The van der Waals surface area contributed by atoms with Gasteiger partial charge in [0, 0.05) is 22.0 Å². The molecule has 0 aliphatic carbocycles. The van der Waals surface area contributed by atoms with Gasteiger partial charge in [-0.25, -0.2) is 0 Å². The lowest BCUT2D eigenvalue weighted by atomic mass is 10.2. The molecule has 0 fully saturated rings. The molecule has 2 aromatic carbocycles. The Kier molecular flexibility index (Phi) is 6.45. The zero-order chi connectivity index (χ0) is 17.7. The van der Waals surface area contributed by atoms with E-state index in [1.807, 2.05) is 24.3 Å². The van der Waals surface area contributed by atoms with E-state index in [1.54, 1.807) is 38.3 Å². The highest BCUT2D eigenvalue weighted by molar-refractivity contribution is 9.10. The third-order valence-corrected chi connectivity index (χ3v) is 5.03. The van der Waals surface area contributed by atoms with E-state index in [9.17, 15) is 9.59 Å². The molecule has 0 aliphatic rings. The quantitative estimate of drug-likeness (QED) is 0.683. The van der Waals surface area contributed by atoms with Crippen molar-refractivity contribution in [1.82, 2.24) is 0 Å². The van der Waals surface area contributed by atoms with Gasteiger partial charge in [-0.1, -0.05) is 15.9 Å². The summed E-state index contributed by atoms with van der Waals surface area (Å²) < 4.78 is 6.08. The first-order valence-electron chi connectivity index (χ1n) is 7.33. The summed E-state index contributed by atoms with van der Waals surface area (Å²) in [5.41, 5.74) is 0.667. The van der Waals surface area contributed by atoms with E-state index in [0.29, 0.717) is 11.4 Å². The van der Waals surface area contributed by atoms with Crippen LogP contribution in [0.5, 0.6) is 5.75 Å². The van der Waals surface area contributed by atoms with Gasteiger partial charge in [-0.15, -0.1) is 0 Å². The highest BCUT2D eigenvalue weighted by Crippen LogP contribution is 2.27. The summed E-state index contributed by atoms with van der Waals surface area (Å²) in [5, 5.41) is -0.0941. The molecule has 0 saturated heterocycles. The minimum absolute atomic E-state index is 0.0941. The largest absolute Gasteiger partial charge is 0.497 e. The number of amides is 1. The fourth-order valence-electron chi connectivity index (χ4n) is 2.23. The summed E-state index contributed by atoms with van der Waals surface area (Å²) in [6.45, 7) is 3.19. The van der Waals surface area contributed by atoms with Crippen molar-refractivity contribution in [2.45, 2.75) is 24.8 Å². The molecule has 0 saturated carbocycles. The fraction of sp³-hybridized carbons (Fsp3) is 0.222. The molecule has 1 unspecified atom stereocenters. The number of hydrogen-bond donors (Lipinski definition) is 0. The van der Waals surface area contributed by atoms with Crippen LogP contribution >= 0.6 is 27.7 Å². The van der Waals surface area contributed by atoms with Crippen molar-refractivity contribution in [1.29, 1.82) is 0 Å². The van der Waals surface area contributed by atoms with Gasteiger partial charge < -0.3 is 9.64 Å². The van der Waals surface area contributed by atoms with Crippen LogP contribution in [-0.2, 0) is 9.59 Å². The number of anilines is 1. The molecule has 0 aliphatic heterocycles. The van der Waals surface area contributed by atoms with Gasteiger partial charge in [0.1, 0.15) is 11.8 Å². The van der Waals surface area contributed by atoms with Crippen molar-refractivity contribution in [2.24, 2.45) is 0 Å². The maximum atomic E-state index is 12.6. The lowest BCUT2D eigenvalue weighted by Crippen LogP contribution is -2.41. The summed E-state index contributed by atoms with van der Waals surface area (Å²) in [7, 11) is 1.58. The number of ether oxygens (including phenoxy) is 1. The maximum Gasteiger partial charge on any atom is 0.224 e. The van der Waals surface area contributed by atoms with Gasteiger partial charge in [0.05, 0.1) is 7.11 Å². The van der Waals surface area contributed by atoms with Gasteiger partial charge in [0.25, 0.3) is 0 Å². The van der Waals surface area contributed by atoms with Gasteiger partial charge in [0.2, 0.25) is 11.0 Å². The topological polar surface area (TPSA) is 46.6 Å². The van der Waals surface area contributed by atoms with E-state index in [2.05, 4.69) is 15.9 Å². The third-order valence-electron chi connectivity index (χ3n) is 3.45. The van der Waals surface area contributed by atoms with Gasteiger partial charge in [-0.3, -0.25) is 9.59 Å². The number of halogens is 1. The van der Waals surface area contributed by atoms with Gasteiger partial charge in [0.15, 0.2) is 0 Å². The molecular weight excluding hydrogens is 390 g/mol. The summed E-state index contributed by atoms with van der Waals surface area (Å²) in [5.74, 6) is 0.517. The van der Waals surface area contributed by atoms with Crippen molar-refractivity contribution in [3.63, 3.8) is 0 Å². The molecule has 0 bridgehead atoms. The summed E-state index contributed by atoms with van der Waals surface area (Å²) in [6.07, 6.45) is 0. The molecule has 4 nitrogen and oxygen atoms in total. The van der Waals surface area contributed by atoms with Crippen molar-refractivity contribution in [3.8, 4) is 5.75 Å². The molecule has 0 aromatic heterocycles. The van der Waals surface area contributed by atoms with E-state index in [-0.39, 0.29) is 11.0 Å². The Labute approximate surface area is 154 Å². The van der Waals surface area contributed by atoms with Crippen LogP contribution < -0.4 is 9.64 Å². The lowest BCUT2D eigenvalue weighted by Gasteiger charge is -2.27. The van der Waals surface area contributed by atoms with Crippen LogP contribution in [0.1, 0.15) is 13.8 Å². The predicted octanol–water partition coefficient (Wildman–Crippen LogP) is 4.52. The fourth-order valence-corrected chi connectivity index (χ4v) is 3.28. The number of carbonyl (C=O) groups is 2. The highest BCUT2D eigenvalue weighted by atomic mass is 79.9. The van der Waals surface area contributed by atoms with E-state index in [4.69, 9.17) is 4.74 Å². The van der Waals surface area contributed by atoms with Crippen LogP contribution in [0.3, 0.4) is 0 Å². The van der Waals surface area contributed by atoms with Crippen molar-refractivity contribution < 1.29 is 14.3 Å². The Morgan fingerprint density at radius 1 is 1.08 bits per heavy atom. The Balaban J connectivity index is 2.18. The lowest BCUT2D eigenvalue weighted by molar-refractivity contribution is -0.120. The molecule has 1 amide bonds. The molecule has 0 heterocycles. The van der Waals surface area contributed by atoms with Crippen LogP contribution in [0.25, 0.3) is 0 Å². The normalized spacial score (nSPS) is 11.7. The van der Waals surface area contributed by atoms with Crippen molar-refractivity contribution in [2.75, 3.05) is 12.0 Å². The zero-order valence-corrected chi connectivity index (χ0v) is 16.1. The molecule has 1 atom stereocenters. The standard InChI is InChI=1S/C18H18BrNO3S/c1-12(18(22)24-17-10-4-14(19)5-11-17)20(13(2)21)15-6-8-16(23-3)9-7-15/h4-12H,1-3H3. The average Bonchev–Trinajstić information content (AvgIpc) is 2.57. The maximum absolute atomic E-state index is 12.6.